The number of amidine groups is 1. The fourth-order valence-electron chi connectivity index (χ4n) is 4.80. The molecule has 0 aliphatic carbocycles. The third-order valence-corrected chi connectivity index (χ3v) is 7.99. The van der Waals surface area contributed by atoms with Gasteiger partial charge in [0.25, 0.3) is 10.0 Å². The Morgan fingerprint density at radius 3 is 2.82 bits per heavy atom. The normalized spacial score (nSPS) is 21.4. The Kier molecular flexibility index (Phi) is 6.12. The smallest absolute Gasteiger partial charge is 0.263 e. The third-order valence-electron chi connectivity index (χ3n) is 6.59. The first-order valence-electron chi connectivity index (χ1n) is 11.9. The summed E-state index contributed by atoms with van der Waals surface area (Å²) >= 11 is 0. The van der Waals surface area contributed by atoms with Gasteiger partial charge in [0.1, 0.15) is 17.7 Å². The van der Waals surface area contributed by atoms with E-state index in [9.17, 15) is 13.2 Å². The highest BCUT2D eigenvalue weighted by Gasteiger charge is 2.34. The van der Waals surface area contributed by atoms with Crippen molar-refractivity contribution in [1.82, 2.24) is 19.6 Å². The number of imidazole rings is 1. The van der Waals surface area contributed by atoms with Crippen molar-refractivity contribution in [2.24, 2.45) is 4.99 Å². The molecule has 2 aliphatic rings. The molecule has 0 radical (unpaired) electrons. The number of aromatic amines is 1. The molecule has 178 valence electrons. The number of rotatable bonds is 6. The predicted molar refractivity (Wildman–Crippen MR) is 131 cm³/mol. The third kappa shape index (κ3) is 4.32. The lowest BCUT2D eigenvalue weighted by molar-refractivity contribution is -0.133. The van der Waals surface area contributed by atoms with Gasteiger partial charge in [-0.3, -0.25) is 14.5 Å². The Labute approximate surface area is 199 Å². The van der Waals surface area contributed by atoms with Crippen LogP contribution in [0.1, 0.15) is 56.3 Å². The number of aromatic nitrogens is 2. The second-order valence-corrected chi connectivity index (χ2v) is 10.7. The Balaban J connectivity index is 1.39. The number of nitrogens with one attached hydrogen (secondary N) is 2. The number of piperidine rings is 1. The molecule has 1 amide bonds. The van der Waals surface area contributed by atoms with Gasteiger partial charge in [-0.15, -0.1) is 0 Å². The summed E-state index contributed by atoms with van der Waals surface area (Å²) < 4.78 is 27.6. The van der Waals surface area contributed by atoms with Crippen molar-refractivity contribution in [3.8, 4) is 0 Å². The summed E-state index contributed by atoms with van der Waals surface area (Å²) in [5.74, 6) is 1.25. The van der Waals surface area contributed by atoms with Gasteiger partial charge in [0.15, 0.2) is 0 Å². The van der Waals surface area contributed by atoms with E-state index in [1.807, 2.05) is 29.2 Å². The molecule has 3 heterocycles. The van der Waals surface area contributed by atoms with Crippen molar-refractivity contribution in [3.05, 3.63) is 59.9 Å². The maximum atomic E-state index is 13.6. The predicted octanol–water partition coefficient (Wildman–Crippen LogP) is 3.57. The van der Waals surface area contributed by atoms with Crippen LogP contribution < -0.4 is 4.72 Å². The summed E-state index contributed by atoms with van der Waals surface area (Å²) in [6.45, 7) is 3.32. The fraction of sp³-hybridized carbons (Fsp3) is 0.400. The summed E-state index contributed by atoms with van der Waals surface area (Å²) in [4.78, 5) is 28.5. The number of H-pyrrole nitrogens is 1. The minimum Gasteiger partial charge on any atom is -0.342 e. The highest BCUT2D eigenvalue weighted by Crippen LogP contribution is 2.28. The van der Waals surface area contributed by atoms with E-state index in [2.05, 4.69) is 21.6 Å². The van der Waals surface area contributed by atoms with Gasteiger partial charge in [-0.1, -0.05) is 44.0 Å². The molecular weight excluding hydrogens is 450 g/mol. The molecule has 5 rings (SSSR count). The lowest BCUT2D eigenvalue weighted by Crippen LogP contribution is -2.44. The summed E-state index contributed by atoms with van der Waals surface area (Å²) in [7, 11) is -3.65. The molecule has 2 aromatic carbocycles. The topological polar surface area (TPSA) is 108 Å². The van der Waals surface area contributed by atoms with Crippen LogP contribution in [-0.4, -0.2) is 54.2 Å². The lowest BCUT2D eigenvalue weighted by Gasteiger charge is -2.33. The van der Waals surface area contributed by atoms with Crippen LogP contribution in [0.5, 0.6) is 0 Å². The van der Waals surface area contributed by atoms with Gasteiger partial charge in [0.2, 0.25) is 5.91 Å². The number of para-hydroxylation sites is 2. The molecule has 2 unspecified atom stereocenters. The molecular formula is C25H29N5O3S. The van der Waals surface area contributed by atoms with Crippen molar-refractivity contribution < 1.29 is 13.2 Å². The monoisotopic (exact) mass is 479 g/mol. The number of amides is 1. The van der Waals surface area contributed by atoms with Gasteiger partial charge >= 0.3 is 0 Å². The maximum Gasteiger partial charge on any atom is 0.263 e. The number of carbonyl (C=O) groups excluding carboxylic acids is 1. The minimum atomic E-state index is -3.65. The van der Waals surface area contributed by atoms with Gasteiger partial charge in [0, 0.05) is 24.6 Å². The SMILES string of the molecule is CCCCC(N=C1NS(=O)(=O)c2ccccc21)C(=O)N1CCCC(c2nc3ccccc3[nH]2)C1. The molecule has 9 heteroatoms. The molecule has 8 nitrogen and oxygen atoms in total. The molecule has 1 fully saturated rings. The molecule has 1 saturated heterocycles. The number of benzene rings is 2. The molecule has 3 aromatic rings. The number of carbonyl (C=O) groups is 1. The van der Waals surface area contributed by atoms with Crippen LogP contribution in [0.4, 0.5) is 0 Å². The van der Waals surface area contributed by atoms with Crippen molar-refractivity contribution in [2.45, 2.75) is 55.9 Å². The first-order valence-corrected chi connectivity index (χ1v) is 13.4. The van der Waals surface area contributed by atoms with Crippen molar-refractivity contribution in [3.63, 3.8) is 0 Å². The number of sulfonamides is 1. The largest absolute Gasteiger partial charge is 0.342 e. The molecule has 34 heavy (non-hydrogen) atoms. The van der Waals surface area contributed by atoms with Gasteiger partial charge in [-0.05, 0) is 43.5 Å². The molecule has 0 bridgehead atoms. The molecule has 2 atom stereocenters. The number of likely N-dealkylation sites (tertiary alicyclic amines) is 1. The van der Waals surface area contributed by atoms with Crippen LogP contribution in [0, 0.1) is 0 Å². The van der Waals surface area contributed by atoms with E-state index in [1.54, 1.807) is 24.3 Å². The number of fused-ring (bicyclic) bond motifs is 2. The summed E-state index contributed by atoms with van der Waals surface area (Å²) in [6.07, 6.45) is 4.19. The maximum absolute atomic E-state index is 13.6. The summed E-state index contributed by atoms with van der Waals surface area (Å²) in [6, 6.07) is 14.1. The molecule has 2 aliphatic heterocycles. The van der Waals surface area contributed by atoms with E-state index < -0.39 is 16.1 Å². The van der Waals surface area contributed by atoms with Crippen LogP contribution in [0.3, 0.4) is 0 Å². The highest BCUT2D eigenvalue weighted by molar-refractivity contribution is 7.90. The van der Waals surface area contributed by atoms with Gasteiger partial charge in [0.05, 0.1) is 15.9 Å². The Bertz CT molecular complexity index is 1310. The van der Waals surface area contributed by atoms with Crippen LogP contribution in [0.25, 0.3) is 11.0 Å². The summed E-state index contributed by atoms with van der Waals surface area (Å²) in [5, 5.41) is 0. The Hall–Kier alpha value is -3.20. The first-order chi connectivity index (χ1) is 16.5. The average molecular weight is 480 g/mol. The van der Waals surface area contributed by atoms with E-state index in [-0.39, 0.29) is 22.6 Å². The van der Waals surface area contributed by atoms with Crippen molar-refractivity contribution >= 4 is 32.8 Å². The number of hydrogen-bond acceptors (Lipinski definition) is 5. The van der Waals surface area contributed by atoms with Crippen LogP contribution in [-0.2, 0) is 14.8 Å². The Morgan fingerprint density at radius 1 is 1.21 bits per heavy atom. The zero-order chi connectivity index (χ0) is 23.7. The second-order valence-electron chi connectivity index (χ2n) is 9.00. The molecule has 0 saturated carbocycles. The number of nitrogens with zero attached hydrogens (tertiary/aromatic N) is 3. The van der Waals surface area contributed by atoms with Gasteiger partial charge in [-0.25, -0.2) is 13.4 Å². The van der Waals surface area contributed by atoms with E-state index >= 15 is 0 Å². The zero-order valence-corrected chi connectivity index (χ0v) is 20.0. The van der Waals surface area contributed by atoms with Crippen LogP contribution >= 0.6 is 0 Å². The van der Waals surface area contributed by atoms with Crippen molar-refractivity contribution in [1.29, 1.82) is 0 Å². The quantitative estimate of drug-likeness (QED) is 0.563. The standard InChI is InChI=1S/C25H29N5O3S/c1-2-3-11-21(28-24-18-10-4-7-14-22(18)34(32,33)29-24)25(31)30-15-8-9-17(16-30)23-26-19-12-5-6-13-20(19)27-23/h4-7,10,12-14,17,21H,2-3,8-9,11,15-16H2,1H3,(H,26,27)(H,28,29). The van der Waals surface area contributed by atoms with E-state index in [4.69, 9.17) is 4.98 Å². The van der Waals surface area contributed by atoms with Crippen LogP contribution in [0.2, 0.25) is 0 Å². The number of unbranched alkanes of at least 4 members (excludes halogenated alkanes) is 1. The molecule has 0 spiro atoms. The molecule has 1 aromatic heterocycles. The fourth-order valence-corrected chi connectivity index (χ4v) is 6.04. The summed E-state index contributed by atoms with van der Waals surface area (Å²) in [5.41, 5.74) is 2.45. The Morgan fingerprint density at radius 2 is 2.00 bits per heavy atom. The van der Waals surface area contributed by atoms with Gasteiger partial charge < -0.3 is 9.88 Å². The highest BCUT2D eigenvalue weighted by atomic mass is 32.2. The van der Waals surface area contributed by atoms with E-state index in [0.29, 0.717) is 25.1 Å². The molecule has 2 N–H and O–H groups in total. The van der Waals surface area contributed by atoms with E-state index in [1.165, 1.54) is 0 Å². The minimum absolute atomic E-state index is 0.0506. The number of aliphatic imine (C=N–C) groups is 1. The van der Waals surface area contributed by atoms with Crippen molar-refractivity contribution in [2.75, 3.05) is 13.1 Å². The second kappa shape index (κ2) is 9.21. The van der Waals surface area contributed by atoms with E-state index in [0.717, 1.165) is 42.5 Å². The lowest BCUT2D eigenvalue weighted by atomic mass is 9.96. The first kappa shape index (κ1) is 22.6. The van der Waals surface area contributed by atoms with Crippen LogP contribution in [0.15, 0.2) is 58.4 Å². The van der Waals surface area contributed by atoms with Gasteiger partial charge in [-0.2, -0.15) is 0 Å². The number of hydrogen-bond donors (Lipinski definition) is 2. The zero-order valence-electron chi connectivity index (χ0n) is 19.2. The average Bonchev–Trinajstić information content (AvgIpc) is 3.40.